The second kappa shape index (κ2) is 5.40. The second-order valence-corrected chi connectivity index (χ2v) is 9.07. The van der Waals surface area contributed by atoms with Gasteiger partial charge in [-0.1, -0.05) is 19.0 Å². The van der Waals surface area contributed by atoms with E-state index < -0.39 is 0 Å². The first kappa shape index (κ1) is 16.3. The van der Waals surface area contributed by atoms with Crippen LogP contribution in [0.1, 0.15) is 65.2 Å². The fourth-order valence-corrected chi connectivity index (χ4v) is 6.85. The third-order valence-electron chi connectivity index (χ3n) is 8.22. The zero-order chi connectivity index (χ0) is 17.1. The number of ketones is 2. The van der Waals surface area contributed by atoms with Crippen LogP contribution in [0.5, 0.6) is 0 Å². The minimum atomic E-state index is -0.118. The molecule has 0 spiro atoms. The van der Waals surface area contributed by atoms with E-state index in [-0.39, 0.29) is 16.7 Å². The van der Waals surface area contributed by atoms with Crippen LogP contribution < -0.4 is 0 Å². The Bertz CT molecular complexity index is 612. The Balaban J connectivity index is 1.74. The molecule has 4 fully saturated rings. The summed E-state index contributed by atoms with van der Waals surface area (Å²) in [5.41, 5.74) is 1.10. The molecule has 0 radical (unpaired) electrons. The monoisotopic (exact) mass is 331 g/mol. The molecule has 4 aliphatic carbocycles. The van der Waals surface area contributed by atoms with Gasteiger partial charge in [0.1, 0.15) is 18.7 Å². The summed E-state index contributed by atoms with van der Waals surface area (Å²) in [5.74, 6) is 2.72. The van der Waals surface area contributed by atoms with Gasteiger partial charge >= 0.3 is 0 Å². The minimum Gasteiger partial charge on any atom is -0.399 e. The summed E-state index contributed by atoms with van der Waals surface area (Å²) < 4.78 is 0. The van der Waals surface area contributed by atoms with Gasteiger partial charge in [0.2, 0.25) is 0 Å². The van der Waals surface area contributed by atoms with E-state index in [1.807, 2.05) is 0 Å². The van der Waals surface area contributed by atoms with E-state index in [0.29, 0.717) is 42.2 Å². The Kier molecular flexibility index (Phi) is 3.67. The number of oxime groups is 1. The van der Waals surface area contributed by atoms with Crippen molar-refractivity contribution >= 4 is 17.3 Å². The SMILES string of the molecule is CO/N=C1/C[C@@H]2[C@@H](CC[C@]3(C)C(=O)CC[C@@H]23)[C@@]2(C)CCC(=O)CC12. The maximum atomic E-state index is 12.5. The van der Waals surface area contributed by atoms with Crippen molar-refractivity contribution in [3.63, 3.8) is 0 Å². The molecule has 4 aliphatic rings. The summed E-state index contributed by atoms with van der Waals surface area (Å²) in [6, 6.07) is 0. The number of carbonyl (C=O) groups excluding carboxylic acids is 2. The van der Waals surface area contributed by atoms with Gasteiger partial charge in [-0.3, -0.25) is 9.59 Å². The van der Waals surface area contributed by atoms with E-state index in [2.05, 4.69) is 19.0 Å². The average Bonchev–Trinajstić information content (AvgIpc) is 2.85. The molecule has 0 bridgehead atoms. The first-order valence-electron chi connectivity index (χ1n) is 9.55. The zero-order valence-corrected chi connectivity index (χ0v) is 15.1. The zero-order valence-electron chi connectivity index (χ0n) is 15.1. The standard InChI is InChI=1S/C20H29NO3/c1-19-8-6-12(22)10-16(19)17(21-24-3)11-13-14-4-5-18(23)20(14,2)9-7-15(13)19/h13-16H,4-11H2,1-3H3/b21-17-/t13-,14-,15+,16?,19+,20-/m0/s1. The Labute approximate surface area is 144 Å². The van der Waals surface area contributed by atoms with Gasteiger partial charge in [0.25, 0.3) is 0 Å². The molecule has 4 nitrogen and oxygen atoms in total. The molecule has 0 saturated heterocycles. The molecule has 4 saturated carbocycles. The van der Waals surface area contributed by atoms with Gasteiger partial charge in [0.05, 0.1) is 5.71 Å². The van der Waals surface area contributed by atoms with Crippen molar-refractivity contribution in [2.24, 2.45) is 39.7 Å². The molecule has 0 aromatic carbocycles. The Morgan fingerprint density at radius 1 is 1.04 bits per heavy atom. The molecule has 0 N–H and O–H groups in total. The lowest BCUT2D eigenvalue weighted by molar-refractivity contribution is -0.136. The first-order valence-corrected chi connectivity index (χ1v) is 9.55. The Hall–Kier alpha value is -1.19. The molecule has 0 amide bonds. The largest absolute Gasteiger partial charge is 0.399 e. The number of hydrogen-bond acceptors (Lipinski definition) is 4. The molecule has 0 aliphatic heterocycles. The molecule has 132 valence electrons. The van der Waals surface area contributed by atoms with Gasteiger partial charge in [0, 0.05) is 30.6 Å². The highest BCUT2D eigenvalue weighted by atomic mass is 16.6. The van der Waals surface area contributed by atoms with E-state index in [1.165, 1.54) is 0 Å². The molecular formula is C20H29NO3. The van der Waals surface area contributed by atoms with Gasteiger partial charge < -0.3 is 4.84 Å². The van der Waals surface area contributed by atoms with Gasteiger partial charge in [-0.05, 0) is 55.3 Å². The number of nitrogens with zero attached hydrogens (tertiary/aromatic N) is 1. The number of Topliss-reactive ketones (excluding diaryl/α,β-unsaturated/α-hetero) is 2. The molecule has 4 heteroatoms. The molecule has 0 aromatic rings. The normalized spacial score (nSPS) is 49.5. The number of fused-ring (bicyclic) bond motifs is 5. The fraction of sp³-hybridized carbons (Fsp3) is 0.850. The summed E-state index contributed by atoms with van der Waals surface area (Å²) in [4.78, 5) is 29.8. The third-order valence-corrected chi connectivity index (χ3v) is 8.22. The summed E-state index contributed by atoms with van der Waals surface area (Å²) >= 11 is 0. The van der Waals surface area contributed by atoms with Crippen LogP contribution >= 0.6 is 0 Å². The highest BCUT2D eigenvalue weighted by Crippen LogP contribution is 2.64. The summed E-state index contributed by atoms with van der Waals surface area (Å²) in [7, 11) is 1.60. The lowest BCUT2D eigenvalue weighted by atomic mass is 9.45. The maximum Gasteiger partial charge on any atom is 0.139 e. The van der Waals surface area contributed by atoms with Crippen LogP contribution in [0.2, 0.25) is 0 Å². The number of rotatable bonds is 1. The van der Waals surface area contributed by atoms with E-state index in [0.717, 1.165) is 44.2 Å². The maximum absolute atomic E-state index is 12.5. The number of carbonyl (C=O) groups is 2. The lowest BCUT2D eigenvalue weighted by Gasteiger charge is -2.59. The topological polar surface area (TPSA) is 55.7 Å². The van der Waals surface area contributed by atoms with Gasteiger partial charge in [-0.15, -0.1) is 0 Å². The minimum absolute atomic E-state index is 0.118. The second-order valence-electron chi connectivity index (χ2n) is 9.07. The van der Waals surface area contributed by atoms with Crippen molar-refractivity contribution in [2.45, 2.75) is 65.2 Å². The van der Waals surface area contributed by atoms with Crippen LogP contribution in [0.25, 0.3) is 0 Å². The van der Waals surface area contributed by atoms with Crippen LogP contribution in [0, 0.1) is 34.5 Å². The van der Waals surface area contributed by atoms with Gasteiger partial charge in [-0.25, -0.2) is 0 Å². The Morgan fingerprint density at radius 2 is 1.83 bits per heavy atom. The quantitative estimate of drug-likeness (QED) is 0.687. The van der Waals surface area contributed by atoms with E-state index in [9.17, 15) is 9.59 Å². The summed E-state index contributed by atoms with van der Waals surface area (Å²) in [5, 5.41) is 4.37. The highest BCUT2D eigenvalue weighted by molar-refractivity contribution is 5.94. The van der Waals surface area contributed by atoms with E-state index in [4.69, 9.17) is 4.84 Å². The van der Waals surface area contributed by atoms with Crippen LogP contribution in [0.4, 0.5) is 0 Å². The molecule has 4 rings (SSSR count). The fourth-order valence-electron chi connectivity index (χ4n) is 6.85. The molecule has 0 aromatic heterocycles. The lowest BCUT2D eigenvalue weighted by Crippen LogP contribution is -2.56. The summed E-state index contributed by atoms with van der Waals surface area (Å²) in [6.45, 7) is 4.58. The highest BCUT2D eigenvalue weighted by Gasteiger charge is 2.61. The van der Waals surface area contributed by atoms with Crippen molar-refractivity contribution < 1.29 is 14.4 Å². The molecule has 0 heterocycles. The van der Waals surface area contributed by atoms with Crippen molar-refractivity contribution in [3.8, 4) is 0 Å². The van der Waals surface area contributed by atoms with Crippen LogP contribution in [-0.4, -0.2) is 24.4 Å². The predicted molar refractivity (Wildman–Crippen MR) is 91.6 cm³/mol. The molecular weight excluding hydrogens is 302 g/mol. The summed E-state index contributed by atoms with van der Waals surface area (Å²) in [6.07, 6.45) is 7.17. The van der Waals surface area contributed by atoms with Crippen molar-refractivity contribution in [2.75, 3.05) is 7.11 Å². The van der Waals surface area contributed by atoms with Crippen LogP contribution in [0.15, 0.2) is 5.16 Å². The molecule has 1 unspecified atom stereocenters. The molecule has 6 atom stereocenters. The van der Waals surface area contributed by atoms with E-state index in [1.54, 1.807) is 7.11 Å². The van der Waals surface area contributed by atoms with Gasteiger partial charge in [0.15, 0.2) is 0 Å². The van der Waals surface area contributed by atoms with Crippen molar-refractivity contribution in [3.05, 3.63) is 0 Å². The van der Waals surface area contributed by atoms with Crippen LogP contribution in [-0.2, 0) is 14.4 Å². The Morgan fingerprint density at radius 3 is 2.58 bits per heavy atom. The van der Waals surface area contributed by atoms with E-state index >= 15 is 0 Å². The first-order chi connectivity index (χ1) is 11.4. The average molecular weight is 331 g/mol. The predicted octanol–water partition coefficient (Wildman–Crippen LogP) is 3.78. The van der Waals surface area contributed by atoms with Gasteiger partial charge in [-0.2, -0.15) is 0 Å². The molecule has 24 heavy (non-hydrogen) atoms. The van der Waals surface area contributed by atoms with Crippen LogP contribution in [0.3, 0.4) is 0 Å². The smallest absolute Gasteiger partial charge is 0.139 e. The third kappa shape index (κ3) is 2.07. The van der Waals surface area contributed by atoms with Crippen molar-refractivity contribution in [1.82, 2.24) is 0 Å². The van der Waals surface area contributed by atoms with Crippen molar-refractivity contribution in [1.29, 1.82) is 0 Å². The number of hydrogen-bond donors (Lipinski definition) is 0.